The molecule has 70 heavy (non-hydrogen) atoms. The summed E-state index contributed by atoms with van der Waals surface area (Å²) in [5, 5.41) is 20.6. The minimum atomic E-state index is -0.953. The van der Waals surface area contributed by atoms with Gasteiger partial charge < -0.3 is 36.6 Å². The molecule has 5 aromatic rings. The van der Waals surface area contributed by atoms with Crippen LogP contribution in [-0.4, -0.2) is 122 Å². The lowest BCUT2D eigenvalue weighted by Gasteiger charge is -2.37. The zero-order valence-corrected chi connectivity index (χ0v) is 42.4. The van der Waals surface area contributed by atoms with Crippen LogP contribution in [0.5, 0.6) is 0 Å². The minimum absolute atomic E-state index is 0.119. The van der Waals surface area contributed by atoms with E-state index in [0.717, 1.165) is 63.4 Å². The summed E-state index contributed by atoms with van der Waals surface area (Å²) in [6, 6.07) is 14.4. The number of anilines is 3. The quantitative estimate of drug-likeness (QED) is 0.0823. The zero-order valence-electron chi connectivity index (χ0n) is 40.7. The van der Waals surface area contributed by atoms with Crippen LogP contribution in [0.3, 0.4) is 0 Å². The molecule has 0 spiro atoms. The molecule has 17 nitrogen and oxygen atoms in total. The lowest BCUT2D eigenvalue weighted by molar-refractivity contribution is -0.135. The second-order valence-corrected chi connectivity index (χ2v) is 22.1. The highest BCUT2D eigenvalue weighted by Crippen LogP contribution is 2.38. The number of piperazine rings is 1. The summed E-state index contributed by atoms with van der Waals surface area (Å²) in [4.78, 5) is 86.0. The Labute approximate surface area is 417 Å². The van der Waals surface area contributed by atoms with Crippen molar-refractivity contribution in [3.63, 3.8) is 0 Å². The molecule has 3 amide bonds. The number of nitrogens with zero attached hydrogens (tertiary/aromatic N) is 8. The number of hydrogen-bond donors (Lipinski definition) is 5. The van der Waals surface area contributed by atoms with E-state index in [1.807, 2.05) is 93.6 Å². The molecule has 3 aromatic heterocycles. The number of thiazole rings is 1. The summed E-state index contributed by atoms with van der Waals surface area (Å²) < 4.78 is 0. The lowest BCUT2D eigenvalue weighted by Crippen LogP contribution is -2.52. The van der Waals surface area contributed by atoms with Crippen LogP contribution >= 0.6 is 23.1 Å². The largest absolute Gasteiger partial charge is 0.393 e. The second kappa shape index (κ2) is 21.6. The Morgan fingerprint density at radius 1 is 0.871 bits per heavy atom. The number of ketones is 1. The molecule has 2 saturated heterocycles. The van der Waals surface area contributed by atoms with E-state index in [1.165, 1.54) is 24.2 Å². The first kappa shape index (κ1) is 50.5. The molecule has 0 bridgehead atoms. The molecule has 8 rings (SSSR count). The Bertz CT molecular complexity index is 2620. The predicted octanol–water partition coefficient (Wildman–Crippen LogP) is 5.91. The third-order valence-electron chi connectivity index (χ3n) is 13.6. The van der Waals surface area contributed by atoms with Crippen molar-refractivity contribution < 1.29 is 24.3 Å². The van der Waals surface area contributed by atoms with Crippen LogP contribution < -0.4 is 31.5 Å². The van der Waals surface area contributed by atoms with Gasteiger partial charge in [0, 0.05) is 73.7 Å². The van der Waals surface area contributed by atoms with E-state index in [4.69, 9.17) is 5.73 Å². The Morgan fingerprint density at radius 2 is 1.57 bits per heavy atom. The van der Waals surface area contributed by atoms with E-state index in [-0.39, 0.29) is 54.1 Å². The minimum Gasteiger partial charge on any atom is -0.393 e. The van der Waals surface area contributed by atoms with Gasteiger partial charge in [0.05, 0.1) is 64.7 Å². The smallest absolute Gasteiger partial charge is 0.255 e. The summed E-state index contributed by atoms with van der Waals surface area (Å²) in [5.41, 5.74) is 11.1. The van der Waals surface area contributed by atoms with Gasteiger partial charge in [0.2, 0.25) is 17.8 Å². The molecule has 1 unspecified atom stereocenters. The van der Waals surface area contributed by atoms with Crippen molar-refractivity contribution in [2.24, 2.45) is 23.0 Å². The van der Waals surface area contributed by atoms with Gasteiger partial charge in [0.1, 0.15) is 10.8 Å². The van der Waals surface area contributed by atoms with Crippen molar-refractivity contribution in [1.29, 1.82) is 0 Å². The number of carbonyl (C=O) groups excluding carboxylic acids is 4. The number of benzene rings is 2. The maximum absolute atomic E-state index is 14.3. The van der Waals surface area contributed by atoms with Gasteiger partial charge in [-0.15, -0.1) is 11.3 Å². The monoisotopic (exact) mass is 988 g/mol. The van der Waals surface area contributed by atoms with Crippen LogP contribution in [0.4, 0.5) is 17.5 Å². The molecule has 5 atom stereocenters. The molecule has 1 aliphatic carbocycles. The first-order valence-electron chi connectivity index (χ1n) is 24.0. The Hall–Kier alpha value is -5.86. The Morgan fingerprint density at radius 3 is 2.21 bits per heavy atom. The van der Waals surface area contributed by atoms with E-state index in [2.05, 4.69) is 57.6 Å². The number of rotatable bonds is 15. The molecule has 3 aliphatic rings. The van der Waals surface area contributed by atoms with Crippen LogP contribution in [0.25, 0.3) is 10.4 Å². The van der Waals surface area contributed by atoms with Crippen LogP contribution in [-0.2, 0) is 14.4 Å². The fraction of sp³-hybridized carbons (Fsp3) is 0.471. The van der Waals surface area contributed by atoms with Gasteiger partial charge in [-0.1, -0.05) is 62.9 Å². The molecule has 0 radical (unpaired) electrons. The maximum Gasteiger partial charge on any atom is 0.255 e. The van der Waals surface area contributed by atoms with Crippen molar-refractivity contribution in [3.05, 3.63) is 95.6 Å². The molecular weight excluding hydrogens is 925 g/mol. The highest BCUT2D eigenvalue weighted by molar-refractivity contribution is 7.99. The van der Waals surface area contributed by atoms with Crippen LogP contribution in [0, 0.1) is 24.2 Å². The van der Waals surface area contributed by atoms with Gasteiger partial charge in [-0.2, -0.15) is 0 Å². The van der Waals surface area contributed by atoms with Gasteiger partial charge in [-0.05, 0) is 81.2 Å². The third kappa shape index (κ3) is 12.5. The molecule has 2 aliphatic heterocycles. The molecule has 370 valence electrons. The molecular formula is C51H64N12O5S2. The van der Waals surface area contributed by atoms with Gasteiger partial charge >= 0.3 is 0 Å². The van der Waals surface area contributed by atoms with Crippen molar-refractivity contribution in [2.45, 2.75) is 101 Å². The van der Waals surface area contributed by atoms with E-state index in [0.29, 0.717) is 37.8 Å². The first-order chi connectivity index (χ1) is 33.4. The molecule has 19 heteroatoms. The average Bonchev–Trinajstić information content (AvgIpc) is 3.96. The highest BCUT2D eigenvalue weighted by atomic mass is 32.2. The number of Topliss-reactive ketones (excluding diaryl/α,β-unsaturated/α-hetero) is 1. The lowest BCUT2D eigenvalue weighted by atomic mass is 9.77. The standard InChI is InChI=1S/C51H64N12O5S2/c1-31(33-10-12-34(13-11-33)45-32(2)57-30-69-45)58-48(68)40-24-37(64)23-39(40)44(66)46(50(3,4)5)60-47(67)35-25-55-49(56-26-35)63-20-18-61(19-21-63)29-42(65)59-36-8-7-9-38(22-36)70-43-28-53-41(27-54-43)62-16-14-51(6,52)15-17-62/h7-13,22,25-28,30-31,37,39-40,46,64H,14-21,23-24,29,52H2,1-6H3,(H,58,68)(H,59,65)(H,60,67)/t31-,37-,39?,40+,46+/m0/s1. The normalized spacial score (nSPS) is 20.4. The van der Waals surface area contributed by atoms with Crippen molar-refractivity contribution >= 4 is 64.1 Å². The van der Waals surface area contributed by atoms with E-state index < -0.39 is 35.3 Å². The number of carbonyl (C=O) groups is 4. The molecule has 2 aromatic carbocycles. The number of aliphatic hydroxyl groups is 1. The maximum atomic E-state index is 14.3. The fourth-order valence-corrected chi connectivity index (χ4v) is 10.9. The van der Waals surface area contributed by atoms with Gasteiger partial charge in [0.15, 0.2) is 5.78 Å². The number of aryl methyl sites for hydroxylation is 1. The second-order valence-electron chi connectivity index (χ2n) is 20.2. The van der Waals surface area contributed by atoms with E-state index in [1.54, 1.807) is 23.7 Å². The summed E-state index contributed by atoms with van der Waals surface area (Å²) >= 11 is 3.06. The van der Waals surface area contributed by atoms with Crippen molar-refractivity contribution in [1.82, 2.24) is 40.5 Å². The summed E-state index contributed by atoms with van der Waals surface area (Å²) in [7, 11) is 0. The number of hydrogen-bond acceptors (Lipinski definition) is 16. The molecule has 6 N–H and O–H groups in total. The van der Waals surface area contributed by atoms with Gasteiger partial charge in [0.25, 0.3) is 5.91 Å². The molecule has 1 saturated carbocycles. The molecule has 3 fully saturated rings. The van der Waals surface area contributed by atoms with Gasteiger partial charge in [-0.25, -0.2) is 24.9 Å². The SMILES string of the molecule is Cc1ncsc1-c1ccc([C@H](C)NC(=O)[C@@H]2C[C@@H](O)CC2C(=O)[C@@H](NC(=O)c2cnc(N3CCN(CC(=O)Nc4cccc(Sc5cnc(N6CCC(C)(N)CC6)cn5)c4)CC3)nc2)C(C)(C)C)cc1. The topological polar surface area (TPSA) is 225 Å². The summed E-state index contributed by atoms with van der Waals surface area (Å²) in [5.74, 6) is -1.48. The van der Waals surface area contributed by atoms with Crippen LogP contribution in [0.1, 0.15) is 88.0 Å². The number of nitrogens with one attached hydrogen (secondary N) is 3. The van der Waals surface area contributed by atoms with Gasteiger partial charge in [-0.3, -0.25) is 24.1 Å². The zero-order chi connectivity index (χ0) is 49.7. The van der Waals surface area contributed by atoms with Crippen molar-refractivity contribution in [2.75, 3.05) is 60.9 Å². The van der Waals surface area contributed by atoms with E-state index >= 15 is 0 Å². The van der Waals surface area contributed by atoms with Crippen LogP contribution in [0.2, 0.25) is 0 Å². The first-order valence-corrected chi connectivity index (χ1v) is 25.6. The Kier molecular flexibility index (Phi) is 15.6. The fourth-order valence-electron chi connectivity index (χ4n) is 9.31. The number of piperidine rings is 1. The number of amides is 3. The number of aliphatic hydroxyl groups excluding tert-OH is 1. The van der Waals surface area contributed by atoms with Crippen LogP contribution in [0.15, 0.2) is 88.8 Å². The summed E-state index contributed by atoms with van der Waals surface area (Å²) in [6.45, 7) is 15.9. The predicted molar refractivity (Wildman–Crippen MR) is 273 cm³/mol. The van der Waals surface area contributed by atoms with Crippen molar-refractivity contribution in [3.8, 4) is 10.4 Å². The molecule has 5 heterocycles. The summed E-state index contributed by atoms with van der Waals surface area (Å²) in [6.07, 6.45) is 7.75. The third-order valence-corrected chi connectivity index (χ3v) is 15.4. The number of nitrogens with two attached hydrogens (primary N) is 1. The highest BCUT2D eigenvalue weighted by Gasteiger charge is 2.47. The average molecular weight is 989 g/mol. The van der Waals surface area contributed by atoms with E-state index in [9.17, 15) is 24.3 Å². The number of aromatic nitrogens is 5. The Balaban J connectivity index is 0.798.